The Kier molecular flexibility index (Phi) is 5.53. The highest BCUT2D eigenvalue weighted by Crippen LogP contribution is 2.24. The van der Waals surface area contributed by atoms with E-state index in [0.717, 1.165) is 11.1 Å². The van der Waals surface area contributed by atoms with Gasteiger partial charge >= 0.3 is 0 Å². The molecular weight excluding hydrogens is 364 g/mol. The van der Waals surface area contributed by atoms with Crippen molar-refractivity contribution in [2.75, 3.05) is 13.7 Å². The summed E-state index contributed by atoms with van der Waals surface area (Å²) in [6.45, 7) is 4.57. The fourth-order valence-electron chi connectivity index (χ4n) is 3.17. The number of carbonyl (C=O) groups excluding carboxylic acids is 1. The van der Waals surface area contributed by atoms with Crippen molar-refractivity contribution in [2.24, 2.45) is 0 Å². The van der Waals surface area contributed by atoms with Gasteiger partial charge in [0.25, 0.3) is 5.91 Å². The van der Waals surface area contributed by atoms with Gasteiger partial charge in [0, 0.05) is 24.7 Å². The Morgan fingerprint density at radius 3 is 2.44 bits per heavy atom. The molecule has 0 aliphatic carbocycles. The quantitative estimate of drug-likeness (QED) is 0.854. The minimum absolute atomic E-state index is 0.0723. The number of benzene rings is 2. The van der Waals surface area contributed by atoms with Crippen molar-refractivity contribution in [3.63, 3.8) is 0 Å². The number of rotatable bonds is 5. The van der Waals surface area contributed by atoms with Gasteiger partial charge in [0.1, 0.15) is 5.75 Å². The van der Waals surface area contributed by atoms with Gasteiger partial charge in [-0.3, -0.25) is 4.79 Å². The van der Waals surface area contributed by atoms with Gasteiger partial charge in [-0.15, -0.1) is 0 Å². The van der Waals surface area contributed by atoms with Gasteiger partial charge in [-0.25, -0.2) is 13.1 Å². The number of sulfonamides is 1. The number of fused-ring (bicyclic) bond motifs is 1. The maximum Gasteiger partial charge on any atom is 0.254 e. The van der Waals surface area contributed by atoms with Crippen molar-refractivity contribution in [1.29, 1.82) is 0 Å². The van der Waals surface area contributed by atoms with Crippen LogP contribution in [0.3, 0.4) is 0 Å². The third kappa shape index (κ3) is 4.31. The molecule has 144 valence electrons. The molecule has 1 aliphatic heterocycles. The lowest BCUT2D eigenvalue weighted by molar-refractivity contribution is 0.0734. The average molecular weight is 388 g/mol. The SMILES string of the molecule is COc1ccc(C(=O)N2CCc3ccc(S(=O)(=O)NC(C)C)cc3C2)cc1. The van der Waals surface area contributed by atoms with Crippen LogP contribution in [0.4, 0.5) is 0 Å². The molecule has 0 radical (unpaired) electrons. The topological polar surface area (TPSA) is 75.7 Å². The largest absolute Gasteiger partial charge is 0.497 e. The number of hydrogen-bond acceptors (Lipinski definition) is 4. The van der Waals surface area contributed by atoms with Crippen LogP contribution in [0.5, 0.6) is 5.75 Å². The summed E-state index contributed by atoms with van der Waals surface area (Å²) in [6, 6.07) is 12.0. The first-order valence-corrected chi connectivity index (χ1v) is 10.4. The van der Waals surface area contributed by atoms with Crippen LogP contribution in [0.1, 0.15) is 35.3 Å². The molecular formula is C20H24N2O4S. The van der Waals surface area contributed by atoms with E-state index >= 15 is 0 Å². The van der Waals surface area contributed by atoms with Crippen molar-refractivity contribution >= 4 is 15.9 Å². The molecule has 2 aromatic carbocycles. The molecule has 0 aromatic heterocycles. The second kappa shape index (κ2) is 7.70. The first kappa shape index (κ1) is 19.4. The smallest absolute Gasteiger partial charge is 0.254 e. The van der Waals surface area contributed by atoms with Gasteiger partial charge in [0.05, 0.1) is 12.0 Å². The molecule has 0 fully saturated rings. The van der Waals surface area contributed by atoms with Crippen LogP contribution < -0.4 is 9.46 Å². The maximum atomic E-state index is 12.8. The normalized spacial score (nSPS) is 14.1. The minimum Gasteiger partial charge on any atom is -0.497 e. The van der Waals surface area contributed by atoms with E-state index in [1.54, 1.807) is 62.3 Å². The summed E-state index contributed by atoms with van der Waals surface area (Å²) in [4.78, 5) is 14.8. The van der Waals surface area contributed by atoms with E-state index in [1.165, 1.54) is 0 Å². The molecule has 1 amide bonds. The van der Waals surface area contributed by atoms with Gasteiger partial charge in [0.15, 0.2) is 0 Å². The van der Waals surface area contributed by atoms with E-state index < -0.39 is 10.0 Å². The average Bonchev–Trinajstić information content (AvgIpc) is 2.65. The van der Waals surface area contributed by atoms with Crippen LogP contribution >= 0.6 is 0 Å². The summed E-state index contributed by atoms with van der Waals surface area (Å²) >= 11 is 0. The number of nitrogens with zero attached hydrogens (tertiary/aromatic N) is 1. The summed E-state index contributed by atoms with van der Waals surface area (Å²) in [6.07, 6.45) is 0.704. The van der Waals surface area contributed by atoms with E-state index in [-0.39, 0.29) is 16.8 Å². The van der Waals surface area contributed by atoms with Crippen LogP contribution in [0, 0.1) is 0 Å². The second-order valence-corrected chi connectivity index (χ2v) is 8.63. The zero-order valence-electron chi connectivity index (χ0n) is 15.7. The predicted octanol–water partition coefficient (Wildman–Crippen LogP) is 2.58. The standard InChI is InChI=1S/C20H24N2O4S/c1-14(2)21-27(24,25)19-9-6-15-10-11-22(13-17(15)12-19)20(23)16-4-7-18(26-3)8-5-16/h4-9,12,14,21H,10-11,13H2,1-3H3. The monoisotopic (exact) mass is 388 g/mol. The number of ether oxygens (including phenoxy) is 1. The molecule has 1 N–H and O–H groups in total. The molecule has 2 aromatic rings. The second-order valence-electron chi connectivity index (χ2n) is 6.91. The van der Waals surface area contributed by atoms with Crippen molar-refractivity contribution in [1.82, 2.24) is 9.62 Å². The molecule has 27 heavy (non-hydrogen) atoms. The minimum atomic E-state index is -3.56. The molecule has 7 heteroatoms. The molecule has 0 unspecified atom stereocenters. The highest BCUT2D eigenvalue weighted by atomic mass is 32.2. The van der Waals surface area contributed by atoms with Crippen LogP contribution in [0.15, 0.2) is 47.4 Å². The lowest BCUT2D eigenvalue weighted by atomic mass is 9.99. The van der Waals surface area contributed by atoms with Crippen molar-refractivity contribution in [2.45, 2.75) is 37.8 Å². The highest BCUT2D eigenvalue weighted by molar-refractivity contribution is 7.89. The Bertz CT molecular complexity index is 937. The van der Waals surface area contributed by atoms with E-state index in [4.69, 9.17) is 4.74 Å². The molecule has 0 atom stereocenters. The maximum absolute atomic E-state index is 12.8. The number of hydrogen-bond donors (Lipinski definition) is 1. The van der Waals surface area contributed by atoms with Crippen LogP contribution in [0.25, 0.3) is 0 Å². The molecule has 3 rings (SSSR count). The van der Waals surface area contributed by atoms with Crippen molar-refractivity contribution < 1.29 is 17.9 Å². The van der Waals surface area contributed by atoms with Gasteiger partial charge < -0.3 is 9.64 Å². The van der Waals surface area contributed by atoms with Crippen LogP contribution in [-0.4, -0.2) is 38.9 Å². The zero-order valence-corrected chi connectivity index (χ0v) is 16.5. The Balaban J connectivity index is 1.82. The van der Waals surface area contributed by atoms with Crippen LogP contribution in [0.2, 0.25) is 0 Å². The van der Waals surface area contributed by atoms with Crippen molar-refractivity contribution in [3.05, 3.63) is 59.2 Å². The van der Waals surface area contributed by atoms with Gasteiger partial charge in [0.2, 0.25) is 10.0 Å². The van der Waals surface area contributed by atoms with Crippen molar-refractivity contribution in [3.8, 4) is 5.75 Å². The number of amides is 1. The van der Waals surface area contributed by atoms with Gasteiger partial charge in [-0.1, -0.05) is 6.07 Å². The van der Waals surface area contributed by atoms with E-state index in [2.05, 4.69) is 4.72 Å². The van der Waals surface area contributed by atoms with Gasteiger partial charge in [-0.2, -0.15) is 0 Å². The van der Waals surface area contributed by atoms with Gasteiger partial charge in [-0.05, 0) is 67.8 Å². The summed E-state index contributed by atoms with van der Waals surface area (Å²) in [7, 11) is -1.98. The number of nitrogens with one attached hydrogen (secondary N) is 1. The lowest BCUT2D eigenvalue weighted by Gasteiger charge is -2.29. The number of methoxy groups -OCH3 is 1. The first-order valence-electron chi connectivity index (χ1n) is 8.87. The zero-order chi connectivity index (χ0) is 19.6. The first-order chi connectivity index (χ1) is 12.8. The molecule has 0 spiro atoms. The Morgan fingerprint density at radius 1 is 1.11 bits per heavy atom. The Morgan fingerprint density at radius 2 is 1.81 bits per heavy atom. The fourth-order valence-corrected chi connectivity index (χ4v) is 4.47. The predicted molar refractivity (Wildman–Crippen MR) is 103 cm³/mol. The molecule has 1 heterocycles. The summed E-state index contributed by atoms with van der Waals surface area (Å²) in [5, 5.41) is 0. The highest BCUT2D eigenvalue weighted by Gasteiger charge is 2.24. The molecule has 0 bridgehead atoms. The lowest BCUT2D eigenvalue weighted by Crippen LogP contribution is -2.36. The Hall–Kier alpha value is -2.38. The third-order valence-electron chi connectivity index (χ3n) is 4.52. The fraction of sp³-hybridized carbons (Fsp3) is 0.350. The third-order valence-corrected chi connectivity index (χ3v) is 6.17. The molecule has 0 saturated heterocycles. The molecule has 6 nitrogen and oxygen atoms in total. The van der Waals surface area contributed by atoms with E-state index in [1.807, 2.05) is 6.07 Å². The van der Waals surface area contributed by atoms with E-state index in [9.17, 15) is 13.2 Å². The summed E-state index contributed by atoms with van der Waals surface area (Å²) in [5.41, 5.74) is 2.54. The Labute approximate surface area is 160 Å². The number of carbonyl (C=O) groups is 1. The molecule has 0 saturated carbocycles. The molecule has 1 aliphatic rings. The van der Waals surface area contributed by atoms with Crippen LogP contribution in [-0.2, 0) is 23.0 Å². The summed E-state index contributed by atoms with van der Waals surface area (Å²) < 4.78 is 32.6. The van der Waals surface area contributed by atoms with E-state index in [0.29, 0.717) is 30.8 Å². The summed E-state index contributed by atoms with van der Waals surface area (Å²) in [5.74, 6) is 0.625.